The largest absolute Gasteiger partial charge is 0.389 e. The molecular formula is C16H35NO3. The minimum Gasteiger partial charge on any atom is -0.389 e. The Morgan fingerprint density at radius 3 is 2.40 bits per heavy atom. The highest BCUT2D eigenvalue weighted by Crippen LogP contribution is 2.03. The number of aliphatic hydroxyl groups excluding tert-OH is 1. The van der Waals surface area contributed by atoms with E-state index in [-0.39, 0.29) is 0 Å². The lowest BCUT2D eigenvalue weighted by molar-refractivity contribution is 0.0346. The van der Waals surface area contributed by atoms with E-state index in [1.165, 1.54) is 6.42 Å². The zero-order valence-corrected chi connectivity index (χ0v) is 13.9. The molecule has 0 fully saturated rings. The summed E-state index contributed by atoms with van der Waals surface area (Å²) in [4.78, 5) is 0. The van der Waals surface area contributed by atoms with Gasteiger partial charge in [-0.05, 0) is 52.0 Å². The second kappa shape index (κ2) is 13.8. The SMILES string of the molecule is CC(C)CCCOCC(O)CNCCCCOC(C)C. The highest BCUT2D eigenvalue weighted by molar-refractivity contribution is 4.58. The van der Waals surface area contributed by atoms with E-state index >= 15 is 0 Å². The molecule has 0 aromatic rings. The van der Waals surface area contributed by atoms with Crippen LogP contribution in [0, 0.1) is 5.92 Å². The summed E-state index contributed by atoms with van der Waals surface area (Å²) in [6.07, 6.45) is 4.32. The Morgan fingerprint density at radius 2 is 1.75 bits per heavy atom. The van der Waals surface area contributed by atoms with Gasteiger partial charge in [0.25, 0.3) is 0 Å². The maximum Gasteiger partial charge on any atom is 0.0897 e. The first-order chi connectivity index (χ1) is 9.52. The van der Waals surface area contributed by atoms with Crippen LogP contribution in [0.5, 0.6) is 0 Å². The molecule has 0 rings (SSSR count). The van der Waals surface area contributed by atoms with Gasteiger partial charge in [-0.25, -0.2) is 0 Å². The van der Waals surface area contributed by atoms with Crippen molar-refractivity contribution in [2.45, 2.75) is 65.6 Å². The second-order valence-corrected chi connectivity index (χ2v) is 6.10. The third-order valence-electron chi connectivity index (χ3n) is 2.96. The van der Waals surface area contributed by atoms with Crippen LogP contribution >= 0.6 is 0 Å². The maximum absolute atomic E-state index is 9.72. The molecule has 0 heterocycles. The molecule has 0 aliphatic heterocycles. The Balaban J connectivity index is 3.18. The van der Waals surface area contributed by atoms with Crippen molar-refractivity contribution in [2.75, 3.05) is 32.9 Å². The topological polar surface area (TPSA) is 50.7 Å². The first-order valence-electron chi connectivity index (χ1n) is 8.10. The molecule has 1 atom stereocenters. The summed E-state index contributed by atoms with van der Waals surface area (Å²) < 4.78 is 10.9. The van der Waals surface area contributed by atoms with Gasteiger partial charge in [0.2, 0.25) is 0 Å². The zero-order chi connectivity index (χ0) is 15.2. The van der Waals surface area contributed by atoms with E-state index in [1.54, 1.807) is 0 Å². The van der Waals surface area contributed by atoms with Crippen molar-refractivity contribution in [3.8, 4) is 0 Å². The fraction of sp³-hybridized carbons (Fsp3) is 1.00. The van der Waals surface area contributed by atoms with E-state index in [9.17, 15) is 5.11 Å². The number of nitrogens with one attached hydrogen (secondary N) is 1. The Bertz CT molecular complexity index is 198. The molecule has 0 aliphatic rings. The van der Waals surface area contributed by atoms with E-state index in [2.05, 4.69) is 33.0 Å². The van der Waals surface area contributed by atoms with Crippen molar-refractivity contribution >= 4 is 0 Å². The molecule has 20 heavy (non-hydrogen) atoms. The molecule has 0 aromatic heterocycles. The molecule has 4 heteroatoms. The van der Waals surface area contributed by atoms with Crippen molar-refractivity contribution in [2.24, 2.45) is 5.92 Å². The molecule has 0 amide bonds. The lowest BCUT2D eigenvalue weighted by atomic mass is 10.1. The van der Waals surface area contributed by atoms with Gasteiger partial charge in [0, 0.05) is 19.8 Å². The lowest BCUT2D eigenvalue weighted by Crippen LogP contribution is -2.31. The van der Waals surface area contributed by atoms with Crippen molar-refractivity contribution in [1.82, 2.24) is 5.32 Å². The summed E-state index contributed by atoms with van der Waals surface area (Å²) in [7, 11) is 0. The molecule has 0 saturated carbocycles. The normalized spacial score (nSPS) is 13.3. The number of rotatable bonds is 14. The fourth-order valence-corrected chi connectivity index (χ4v) is 1.81. The van der Waals surface area contributed by atoms with E-state index in [0.717, 1.165) is 44.9 Å². The third-order valence-corrected chi connectivity index (χ3v) is 2.96. The lowest BCUT2D eigenvalue weighted by Gasteiger charge is -2.13. The van der Waals surface area contributed by atoms with Gasteiger partial charge in [-0.2, -0.15) is 0 Å². The molecule has 0 aromatic carbocycles. The second-order valence-electron chi connectivity index (χ2n) is 6.10. The van der Waals surface area contributed by atoms with Crippen molar-refractivity contribution in [3.05, 3.63) is 0 Å². The predicted molar refractivity (Wildman–Crippen MR) is 84.1 cm³/mol. The van der Waals surface area contributed by atoms with Crippen LogP contribution in [0.15, 0.2) is 0 Å². The fourth-order valence-electron chi connectivity index (χ4n) is 1.81. The molecule has 0 aliphatic carbocycles. The summed E-state index contributed by atoms with van der Waals surface area (Å²) >= 11 is 0. The quantitative estimate of drug-likeness (QED) is 0.483. The zero-order valence-electron chi connectivity index (χ0n) is 13.9. The number of hydrogen-bond donors (Lipinski definition) is 2. The first kappa shape index (κ1) is 19.8. The van der Waals surface area contributed by atoms with Gasteiger partial charge in [-0.3, -0.25) is 0 Å². The highest BCUT2D eigenvalue weighted by Gasteiger charge is 2.03. The van der Waals surface area contributed by atoms with Gasteiger partial charge in [-0.15, -0.1) is 0 Å². The van der Waals surface area contributed by atoms with Gasteiger partial charge >= 0.3 is 0 Å². The summed E-state index contributed by atoms with van der Waals surface area (Å²) in [6.45, 7) is 12.1. The van der Waals surface area contributed by atoms with Gasteiger partial charge in [0.1, 0.15) is 0 Å². The molecule has 0 spiro atoms. The van der Waals surface area contributed by atoms with E-state index in [4.69, 9.17) is 9.47 Å². The molecule has 122 valence electrons. The smallest absolute Gasteiger partial charge is 0.0897 e. The van der Waals surface area contributed by atoms with Crippen LogP contribution in [0.2, 0.25) is 0 Å². The van der Waals surface area contributed by atoms with Crippen LogP contribution in [-0.2, 0) is 9.47 Å². The average molecular weight is 289 g/mol. The van der Waals surface area contributed by atoms with Crippen LogP contribution in [0.1, 0.15) is 53.4 Å². The van der Waals surface area contributed by atoms with Gasteiger partial charge in [0.05, 0.1) is 18.8 Å². The molecule has 0 saturated heterocycles. The Labute approximate surface area is 125 Å². The standard InChI is InChI=1S/C16H35NO3/c1-14(2)8-7-10-19-13-16(18)12-17-9-5-6-11-20-15(3)4/h14-18H,5-13H2,1-4H3. The van der Waals surface area contributed by atoms with Gasteiger partial charge in [0.15, 0.2) is 0 Å². The Morgan fingerprint density at radius 1 is 1.00 bits per heavy atom. The van der Waals surface area contributed by atoms with Crippen LogP contribution < -0.4 is 5.32 Å². The molecule has 0 bridgehead atoms. The van der Waals surface area contributed by atoms with Crippen LogP contribution in [0.25, 0.3) is 0 Å². The summed E-state index contributed by atoms with van der Waals surface area (Å²) in [5, 5.41) is 13.0. The summed E-state index contributed by atoms with van der Waals surface area (Å²) in [5.74, 6) is 0.727. The monoisotopic (exact) mass is 289 g/mol. The molecular weight excluding hydrogens is 254 g/mol. The summed E-state index contributed by atoms with van der Waals surface area (Å²) in [6, 6.07) is 0. The first-order valence-corrected chi connectivity index (χ1v) is 8.10. The van der Waals surface area contributed by atoms with E-state index in [1.807, 2.05) is 0 Å². The van der Waals surface area contributed by atoms with Crippen LogP contribution in [-0.4, -0.2) is 50.2 Å². The highest BCUT2D eigenvalue weighted by atomic mass is 16.5. The predicted octanol–water partition coefficient (Wildman–Crippen LogP) is 2.59. The Kier molecular flexibility index (Phi) is 13.7. The third kappa shape index (κ3) is 15.9. The minimum atomic E-state index is -0.402. The Hall–Kier alpha value is -0.160. The number of aliphatic hydroxyl groups is 1. The van der Waals surface area contributed by atoms with Crippen LogP contribution in [0.4, 0.5) is 0 Å². The molecule has 4 nitrogen and oxygen atoms in total. The van der Waals surface area contributed by atoms with Gasteiger partial charge < -0.3 is 19.9 Å². The van der Waals surface area contributed by atoms with Crippen molar-refractivity contribution in [3.63, 3.8) is 0 Å². The molecule has 1 unspecified atom stereocenters. The van der Waals surface area contributed by atoms with Crippen LogP contribution in [0.3, 0.4) is 0 Å². The van der Waals surface area contributed by atoms with Gasteiger partial charge in [-0.1, -0.05) is 13.8 Å². The minimum absolute atomic E-state index is 0.317. The van der Waals surface area contributed by atoms with Crippen molar-refractivity contribution < 1.29 is 14.6 Å². The average Bonchev–Trinajstić information content (AvgIpc) is 2.36. The van der Waals surface area contributed by atoms with E-state index in [0.29, 0.717) is 19.3 Å². The number of ether oxygens (including phenoxy) is 2. The number of hydrogen-bond acceptors (Lipinski definition) is 4. The van der Waals surface area contributed by atoms with E-state index < -0.39 is 6.10 Å². The molecule has 0 radical (unpaired) electrons. The number of unbranched alkanes of at least 4 members (excludes halogenated alkanes) is 1. The maximum atomic E-state index is 9.72. The van der Waals surface area contributed by atoms with Crippen molar-refractivity contribution in [1.29, 1.82) is 0 Å². The molecule has 2 N–H and O–H groups in total. The summed E-state index contributed by atoms with van der Waals surface area (Å²) in [5.41, 5.74) is 0.